The molecule has 0 fully saturated rings. The number of aryl methyl sites for hydroxylation is 1. The van der Waals surface area contributed by atoms with Gasteiger partial charge in [0.05, 0.1) is 23.6 Å². The molecule has 1 aromatic heterocycles. The highest BCUT2D eigenvalue weighted by atomic mass is 35.5. The third-order valence-electron chi connectivity index (χ3n) is 3.82. The van der Waals surface area contributed by atoms with Crippen LogP contribution in [0.15, 0.2) is 52.4 Å². The molecule has 0 amide bonds. The summed E-state index contributed by atoms with van der Waals surface area (Å²) >= 11 is 7.52. The van der Waals surface area contributed by atoms with Crippen molar-refractivity contribution in [2.24, 2.45) is 0 Å². The molecule has 0 bridgehead atoms. The molecule has 130 valence electrons. The second kappa shape index (κ2) is 7.60. The lowest BCUT2D eigenvalue weighted by Crippen LogP contribution is -2.27. The van der Waals surface area contributed by atoms with Crippen LogP contribution in [0.4, 0.5) is 0 Å². The third kappa shape index (κ3) is 4.24. The number of rotatable bonds is 5. The summed E-state index contributed by atoms with van der Waals surface area (Å²) in [6.45, 7) is 3.92. The van der Waals surface area contributed by atoms with Gasteiger partial charge in [-0.1, -0.05) is 53.2 Å². The topological polar surface area (TPSA) is 55.1 Å². The lowest BCUT2D eigenvalue weighted by molar-refractivity contribution is 0.168. The van der Waals surface area contributed by atoms with Crippen LogP contribution in [-0.4, -0.2) is 20.8 Å². The maximum Gasteiger partial charge on any atom is 0.262 e. The number of hydrogen-bond donors (Lipinski definition) is 1. The first-order valence-electron chi connectivity index (χ1n) is 8.00. The molecule has 0 saturated heterocycles. The Labute approximate surface area is 155 Å². The van der Waals surface area contributed by atoms with Crippen LogP contribution >= 0.6 is 23.4 Å². The van der Waals surface area contributed by atoms with E-state index in [0.717, 1.165) is 5.56 Å². The minimum Gasteiger partial charge on any atom is -0.392 e. The van der Waals surface area contributed by atoms with Gasteiger partial charge in [-0.05, 0) is 37.6 Å². The summed E-state index contributed by atoms with van der Waals surface area (Å²) in [5.41, 5.74) is 2.78. The summed E-state index contributed by atoms with van der Waals surface area (Å²) in [5, 5.41) is 11.4. The molecule has 1 heterocycles. The summed E-state index contributed by atoms with van der Waals surface area (Å²) in [5.74, 6) is 0.693. The van der Waals surface area contributed by atoms with E-state index in [2.05, 4.69) is 29.2 Å². The molecular weight excluding hydrogens is 356 g/mol. The van der Waals surface area contributed by atoms with Crippen molar-refractivity contribution in [1.29, 1.82) is 0 Å². The van der Waals surface area contributed by atoms with Crippen molar-refractivity contribution in [1.82, 2.24) is 9.55 Å². The minimum atomic E-state index is -0.636. The molecular formula is C19H19ClN2O2S. The van der Waals surface area contributed by atoms with E-state index < -0.39 is 6.10 Å². The SMILES string of the molecule is Cc1ccc(CSc2nc3cc(Cl)ccc3c(=O)n2C[C@H](C)O)cc1. The van der Waals surface area contributed by atoms with Gasteiger partial charge in [-0.15, -0.1) is 0 Å². The first kappa shape index (κ1) is 18.0. The van der Waals surface area contributed by atoms with Gasteiger partial charge in [-0.2, -0.15) is 0 Å². The maximum absolute atomic E-state index is 12.8. The molecule has 1 N–H and O–H groups in total. The minimum absolute atomic E-state index is 0.158. The maximum atomic E-state index is 12.8. The van der Waals surface area contributed by atoms with E-state index in [9.17, 15) is 9.90 Å². The number of aliphatic hydroxyl groups excluding tert-OH is 1. The van der Waals surface area contributed by atoms with E-state index in [0.29, 0.717) is 26.8 Å². The van der Waals surface area contributed by atoms with E-state index in [4.69, 9.17) is 11.6 Å². The molecule has 0 aliphatic rings. The normalized spacial score (nSPS) is 12.5. The van der Waals surface area contributed by atoms with Crippen LogP contribution in [0.3, 0.4) is 0 Å². The highest BCUT2D eigenvalue weighted by molar-refractivity contribution is 7.98. The molecule has 0 unspecified atom stereocenters. The number of hydrogen-bond acceptors (Lipinski definition) is 4. The number of aliphatic hydroxyl groups is 1. The van der Waals surface area contributed by atoms with Gasteiger partial charge in [0.1, 0.15) is 0 Å². The summed E-state index contributed by atoms with van der Waals surface area (Å²) in [6.07, 6.45) is -0.636. The molecule has 4 nitrogen and oxygen atoms in total. The number of thioether (sulfide) groups is 1. The van der Waals surface area contributed by atoms with Crippen LogP contribution in [0.25, 0.3) is 10.9 Å². The van der Waals surface area contributed by atoms with E-state index in [1.54, 1.807) is 29.7 Å². The average molecular weight is 375 g/mol. The predicted octanol–water partition coefficient (Wildman–Crippen LogP) is 4.03. The van der Waals surface area contributed by atoms with E-state index >= 15 is 0 Å². The van der Waals surface area contributed by atoms with Crippen LogP contribution in [0, 0.1) is 6.92 Å². The Morgan fingerprint density at radius 3 is 2.64 bits per heavy atom. The van der Waals surface area contributed by atoms with Crippen molar-refractivity contribution in [3.63, 3.8) is 0 Å². The molecule has 25 heavy (non-hydrogen) atoms. The van der Waals surface area contributed by atoms with Gasteiger partial charge < -0.3 is 5.11 Å². The molecule has 1 atom stereocenters. The number of fused-ring (bicyclic) bond motifs is 1. The number of halogens is 1. The number of aromatic nitrogens is 2. The molecule has 0 aliphatic carbocycles. The fourth-order valence-corrected chi connectivity index (χ4v) is 3.67. The van der Waals surface area contributed by atoms with Gasteiger partial charge in [0.15, 0.2) is 5.16 Å². The van der Waals surface area contributed by atoms with Gasteiger partial charge in [0, 0.05) is 10.8 Å². The molecule has 0 spiro atoms. The Bertz CT molecular complexity index is 952. The van der Waals surface area contributed by atoms with Crippen molar-refractivity contribution >= 4 is 34.3 Å². The Kier molecular flexibility index (Phi) is 5.47. The van der Waals surface area contributed by atoms with Crippen LogP contribution < -0.4 is 5.56 Å². The fourth-order valence-electron chi connectivity index (χ4n) is 2.54. The first-order valence-corrected chi connectivity index (χ1v) is 9.37. The van der Waals surface area contributed by atoms with Crippen molar-refractivity contribution in [2.75, 3.05) is 0 Å². The monoisotopic (exact) mass is 374 g/mol. The summed E-state index contributed by atoms with van der Waals surface area (Å²) in [4.78, 5) is 17.4. The number of nitrogens with zero attached hydrogens (tertiary/aromatic N) is 2. The van der Waals surface area contributed by atoms with Crippen LogP contribution in [-0.2, 0) is 12.3 Å². The van der Waals surface area contributed by atoms with E-state index in [1.165, 1.54) is 17.3 Å². The Hall–Kier alpha value is -1.82. The molecule has 0 radical (unpaired) electrons. The van der Waals surface area contributed by atoms with Gasteiger partial charge >= 0.3 is 0 Å². The van der Waals surface area contributed by atoms with E-state index in [1.807, 2.05) is 6.92 Å². The molecule has 3 rings (SSSR count). The highest BCUT2D eigenvalue weighted by Crippen LogP contribution is 2.24. The second-order valence-electron chi connectivity index (χ2n) is 6.09. The summed E-state index contributed by atoms with van der Waals surface area (Å²) < 4.78 is 1.54. The fraction of sp³-hybridized carbons (Fsp3) is 0.263. The summed E-state index contributed by atoms with van der Waals surface area (Å²) in [6, 6.07) is 13.3. The Morgan fingerprint density at radius 1 is 1.24 bits per heavy atom. The smallest absolute Gasteiger partial charge is 0.262 e. The van der Waals surface area contributed by atoms with Crippen LogP contribution in [0.2, 0.25) is 5.02 Å². The molecule has 0 aliphatic heterocycles. The standard InChI is InChI=1S/C19H19ClN2O2S/c1-12-3-5-14(6-4-12)11-25-19-21-17-9-15(20)7-8-16(17)18(24)22(19)10-13(2)23/h3-9,13,23H,10-11H2,1-2H3/t13-/m0/s1. The first-order chi connectivity index (χ1) is 11.9. The Morgan fingerprint density at radius 2 is 1.96 bits per heavy atom. The zero-order valence-corrected chi connectivity index (χ0v) is 15.6. The second-order valence-corrected chi connectivity index (χ2v) is 7.47. The quantitative estimate of drug-likeness (QED) is 0.541. The molecule has 2 aromatic carbocycles. The summed E-state index contributed by atoms with van der Waals surface area (Å²) in [7, 11) is 0. The van der Waals surface area contributed by atoms with Crippen molar-refractivity contribution in [3.05, 3.63) is 69.0 Å². The van der Waals surface area contributed by atoms with Gasteiger partial charge in [-0.3, -0.25) is 9.36 Å². The molecule has 6 heteroatoms. The average Bonchev–Trinajstić information content (AvgIpc) is 2.57. The number of benzene rings is 2. The van der Waals surface area contributed by atoms with Crippen molar-refractivity contribution in [2.45, 2.75) is 37.4 Å². The molecule has 3 aromatic rings. The third-order valence-corrected chi connectivity index (χ3v) is 5.10. The largest absolute Gasteiger partial charge is 0.392 e. The van der Waals surface area contributed by atoms with Gasteiger partial charge in [0.25, 0.3) is 5.56 Å². The predicted molar refractivity (Wildman–Crippen MR) is 103 cm³/mol. The van der Waals surface area contributed by atoms with Gasteiger partial charge in [0.2, 0.25) is 0 Å². The highest BCUT2D eigenvalue weighted by Gasteiger charge is 2.14. The van der Waals surface area contributed by atoms with Crippen molar-refractivity contribution < 1.29 is 5.11 Å². The molecule has 0 saturated carbocycles. The zero-order chi connectivity index (χ0) is 18.0. The zero-order valence-electron chi connectivity index (χ0n) is 14.1. The van der Waals surface area contributed by atoms with E-state index in [-0.39, 0.29) is 12.1 Å². The van der Waals surface area contributed by atoms with Crippen LogP contribution in [0.5, 0.6) is 0 Å². The van der Waals surface area contributed by atoms with Gasteiger partial charge in [-0.25, -0.2) is 4.98 Å². The Balaban J connectivity index is 2.01. The lowest BCUT2D eigenvalue weighted by atomic mass is 10.2. The lowest BCUT2D eigenvalue weighted by Gasteiger charge is -2.14. The van der Waals surface area contributed by atoms with Crippen LogP contribution in [0.1, 0.15) is 18.1 Å². The van der Waals surface area contributed by atoms with Crippen molar-refractivity contribution in [3.8, 4) is 0 Å².